The molecule has 1 N–H and O–H groups in total. The number of hydrogen-bond acceptors (Lipinski definition) is 5. The van der Waals surface area contributed by atoms with Crippen LogP contribution in [0.4, 0.5) is 0 Å². The summed E-state index contributed by atoms with van der Waals surface area (Å²) >= 11 is 0. The average molecular weight is 308 g/mol. The third kappa shape index (κ3) is 3.09. The molecule has 2 aliphatic rings. The highest BCUT2D eigenvalue weighted by Gasteiger charge is 2.29. The Labute approximate surface area is 125 Å². The van der Waals surface area contributed by atoms with Gasteiger partial charge in [0.15, 0.2) is 0 Å². The van der Waals surface area contributed by atoms with E-state index in [9.17, 15) is 8.42 Å². The Bertz CT molecular complexity index is 649. The van der Waals surface area contributed by atoms with Gasteiger partial charge in [-0.05, 0) is 19.2 Å². The number of nitrogens with zero attached hydrogens (tertiary/aromatic N) is 3. The second-order valence-electron chi connectivity index (χ2n) is 5.48. The van der Waals surface area contributed by atoms with Gasteiger partial charge in [-0.2, -0.15) is 0 Å². The maximum absolute atomic E-state index is 12.0. The summed E-state index contributed by atoms with van der Waals surface area (Å²) in [4.78, 5) is 9.44. The van der Waals surface area contributed by atoms with Crippen molar-refractivity contribution < 1.29 is 8.42 Å². The fourth-order valence-corrected chi connectivity index (χ4v) is 3.88. The lowest BCUT2D eigenvalue weighted by atomic mass is 10.2. The van der Waals surface area contributed by atoms with E-state index in [1.807, 2.05) is 6.07 Å². The highest BCUT2D eigenvalue weighted by atomic mass is 32.2. The van der Waals surface area contributed by atoms with Crippen molar-refractivity contribution in [3.05, 3.63) is 29.8 Å². The zero-order valence-corrected chi connectivity index (χ0v) is 12.9. The molecule has 1 fully saturated rings. The van der Waals surface area contributed by atoms with Gasteiger partial charge in [-0.15, -0.1) is 0 Å². The van der Waals surface area contributed by atoms with Crippen molar-refractivity contribution in [3.63, 3.8) is 0 Å². The molecule has 0 amide bonds. The number of amidine groups is 1. The minimum atomic E-state index is -3.42. The Morgan fingerprint density at radius 2 is 1.90 bits per heavy atom. The predicted octanol–water partition coefficient (Wildman–Crippen LogP) is -0.0275. The molecule has 0 saturated carbocycles. The molecule has 0 unspecified atom stereocenters. The molecular weight excluding hydrogens is 288 g/mol. The Hall–Kier alpha value is -1.44. The van der Waals surface area contributed by atoms with Gasteiger partial charge in [0, 0.05) is 38.3 Å². The van der Waals surface area contributed by atoms with Crippen LogP contribution in [0.25, 0.3) is 0 Å². The zero-order chi connectivity index (χ0) is 14.9. The summed E-state index contributed by atoms with van der Waals surface area (Å²) in [5.41, 5.74) is 0.677. The van der Waals surface area contributed by atoms with Crippen molar-refractivity contribution in [2.24, 2.45) is 4.99 Å². The fourth-order valence-electron chi connectivity index (χ4n) is 2.63. The van der Waals surface area contributed by atoms with Crippen LogP contribution in [0.5, 0.6) is 0 Å². The maximum atomic E-state index is 12.0. The molecule has 21 heavy (non-hydrogen) atoms. The Balaban J connectivity index is 1.66. The minimum Gasteiger partial charge on any atom is -0.304 e. The van der Waals surface area contributed by atoms with E-state index < -0.39 is 10.0 Å². The van der Waals surface area contributed by atoms with E-state index in [4.69, 9.17) is 0 Å². The van der Waals surface area contributed by atoms with Gasteiger partial charge < -0.3 is 4.90 Å². The molecule has 0 aromatic heterocycles. The van der Waals surface area contributed by atoms with Gasteiger partial charge in [-0.1, -0.05) is 12.1 Å². The van der Waals surface area contributed by atoms with Crippen molar-refractivity contribution >= 4 is 15.9 Å². The number of hydrogen-bond donors (Lipinski definition) is 1. The van der Waals surface area contributed by atoms with Crippen LogP contribution in [0.3, 0.4) is 0 Å². The van der Waals surface area contributed by atoms with Crippen LogP contribution >= 0.6 is 0 Å². The van der Waals surface area contributed by atoms with E-state index in [0.29, 0.717) is 22.8 Å². The largest absolute Gasteiger partial charge is 0.304 e. The normalized spacial score (nSPS) is 24.0. The summed E-state index contributed by atoms with van der Waals surface area (Å²) in [5.74, 6) is 0.472. The Morgan fingerprint density at radius 3 is 2.67 bits per heavy atom. The van der Waals surface area contributed by atoms with Gasteiger partial charge in [0.25, 0.3) is 10.0 Å². The zero-order valence-electron chi connectivity index (χ0n) is 12.1. The van der Waals surface area contributed by atoms with Gasteiger partial charge in [0.2, 0.25) is 0 Å². The SMILES string of the molecule is CN1CCN(CCN=C2NS(=O)(=O)c3ccccc32)CC1. The molecule has 3 rings (SSSR count). The molecule has 1 aromatic carbocycles. The van der Waals surface area contributed by atoms with Gasteiger partial charge in [0.1, 0.15) is 5.84 Å². The number of piperazine rings is 1. The number of likely N-dealkylation sites (N-methyl/N-ethyl adjacent to an activating group) is 1. The van der Waals surface area contributed by atoms with E-state index >= 15 is 0 Å². The van der Waals surface area contributed by atoms with Crippen LogP contribution in [0.1, 0.15) is 5.56 Å². The monoisotopic (exact) mass is 308 g/mol. The Kier molecular flexibility index (Phi) is 3.97. The minimum absolute atomic E-state index is 0.323. The number of fused-ring (bicyclic) bond motifs is 1. The van der Waals surface area contributed by atoms with Crippen LogP contribution in [-0.2, 0) is 10.0 Å². The number of rotatable bonds is 3. The molecule has 0 atom stereocenters. The van der Waals surface area contributed by atoms with Crippen LogP contribution < -0.4 is 4.72 Å². The summed E-state index contributed by atoms with van der Waals surface area (Å²) in [6.45, 7) is 5.71. The lowest BCUT2D eigenvalue weighted by Gasteiger charge is -2.31. The number of aliphatic imine (C=N–C) groups is 1. The highest BCUT2D eigenvalue weighted by Crippen LogP contribution is 2.21. The highest BCUT2D eigenvalue weighted by molar-refractivity contribution is 7.90. The molecule has 7 heteroatoms. The van der Waals surface area contributed by atoms with Crippen molar-refractivity contribution in [2.45, 2.75) is 4.90 Å². The standard InChI is InChI=1S/C14H20N4O2S/c1-17-8-10-18(11-9-17)7-6-15-14-12-4-2-3-5-13(12)21(19,20)16-14/h2-5H,6-11H2,1H3,(H,15,16). The molecular formula is C14H20N4O2S. The lowest BCUT2D eigenvalue weighted by Crippen LogP contribution is -2.45. The summed E-state index contributed by atoms with van der Waals surface area (Å²) < 4.78 is 26.4. The number of sulfonamides is 1. The van der Waals surface area contributed by atoms with E-state index in [-0.39, 0.29) is 0 Å². The summed E-state index contributed by atoms with van der Waals surface area (Å²) in [6, 6.07) is 6.96. The topological polar surface area (TPSA) is 65.0 Å². The first kappa shape index (κ1) is 14.5. The van der Waals surface area contributed by atoms with Crippen LogP contribution in [0.15, 0.2) is 34.2 Å². The van der Waals surface area contributed by atoms with E-state index in [1.54, 1.807) is 18.2 Å². The predicted molar refractivity (Wildman–Crippen MR) is 82.1 cm³/mol. The molecule has 0 spiro atoms. The van der Waals surface area contributed by atoms with Crippen LogP contribution in [0, 0.1) is 0 Å². The second-order valence-corrected chi connectivity index (χ2v) is 7.13. The maximum Gasteiger partial charge on any atom is 0.263 e. The molecule has 114 valence electrons. The van der Waals surface area contributed by atoms with Gasteiger partial charge >= 0.3 is 0 Å². The lowest BCUT2D eigenvalue weighted by molar-refractivity contribution is 0.157. The van der Waals surface area contributed by atoms with Gasteiger partial charge in [0.05, 0.1) is 11.4 Å². The van der Waals surface area contributed by atoms with E-state index in [2.05, 4.69) is 26.6 Å². The first-order valence-corrected chi connectivity index (χ1v) is 8.62. The van der Waals surface area contributed by atoms with Crippen LogP contribution in [-0.4, -0.2) is 70.4 Å². The molecule has 2 aliphatic heterocycles. The molecule has 1 saturated heterocycles. The van der Waals surface area contributed by atoms with Crippen molar-refractivity contribution in [3.8, 4) is 0 Å². The smallest absolute Gasteiger partial charge is 0.263 e. The van der Waals surface area contributed by atoms with Gasteiger partial charge in [-0.25, -0.2) is 8.42 Å². The summed E-state index contributed by atoms with van der Waals surface area (Å²) in [5, 5.41) is 0. The third-order valence-corrected chi connectivity index (χ3v) is 5.34. The van der Waals surface area contributed by atoms with Crippen LogP contribution in [0.2, 0.25) is 0 Å². The first-order valence-electron chi connectivity index (χ1n) is 7.14. The molecule has 1 aromatic rings. The van der Waals surface area contributed by atoms with Crippen molar-refractivity contribution in [1.82, 2.24) is 14.5 Å². The average Bonchev–Trinajstić information content (AvgIpc) is 2.73. The molecule has 0 radical (unpaired) electrons. The van der Waals surface area contributed by atoms with E-state index in [1.165, 1.54) is 0 Å². The quantitative estimate of drug-likeness (QED) is 0.852. The molecule has 0 aliphatic carbocycles. The second kappa shape index (κ2) is 5.75. The molecule has 2 heterocycles. The van der Waals surface area contributed by atoms with Gasteiger partial charge in [-0.3, -0.25) is 14.6 Å². The third-order valence-electron chi connectivity index (χ3n) is 3.94. The number of benzene rings is 1. The Morgan fingerprint density at radius 1 is 1.19 bits per heavy atom. The summed E-state index contributed by atoms with van der Waals surface area (Å²) in [6.07, 6.45) is 0. The van der Waals surface area contributed by atoms with E-state index in [0.717, 1.165) is 32.7 Å². The van der Waals surface area contributed by atoms with Crippen molar-refractivity contribution in [2.75, 3.05) is 46.3 Å². The fraction of sp³-hybridized carbons (Fsp3) is 0.500. The van der Waals surface area contributed by atoms with Crippen molar-refractivity contribution in [1.29, 1.82) is 0 Å². The number of nitrogens with one attached hydrogen (secondary N) is 1. The summed E-state index contributed by atoms with van der Waals surface area (Å²) in [7, 11) is -1.29. The first-order chi connectivity index (χ1) is 10.1. The molecule has 6 nitrogen and oxygen atoms in total. The molecule has 0 bridgehead atoms.